The number of carbonyl (C=O) groups excluding carboxylic acids is 1. The monoisotopic (exact) mass is 322 g/mol. The number of rotatable bonds is 12. The molecule has 120 valence electrons. The smallest absolute Gasteiger partial charge is 0.376 e. The van der Waals surface area contributed by atoms with Crippen LogP contribution in [0.1, 0.15) is 58.8 Å². The summed E-state index contributed by atoms with van der Waals surface area (Å²) in [6.07, 6.45) is 6.61. The maximum atomic E-state index is 12.6. The average Bonchev–Trinajstić information content (AvgIpc) is 2.48. The van der Waals surface area contributed by atoms with E-state index in [-0.39, 0.29) is 5.78 Å². The van der Waals surface area contributed by atoms with Gasteiger partial charge in [-0.05, 0) is 12.8 Å². The zero-order valence-corrected chi connectivity index (χ0v) is 15.4. The fraction of sp³-hybridized carbons (Fsp3) is 0.929. The SMILES string of the molecule is CCCCCCCC(=O)[C@@](S)(CC)[Si](OC)(OC)OC. The van der Waals surface area contributed by atoms with Crippen LogP contribution in [-0.4, -0.2) is 40.3 Å². The van der Waals surface area contributed by atoms with Crippen LogP contribution in [0.2, 0.25) is 0 Å². The van der Waals surface area contributed by atoms with Crippen molar-refractivity contribution in [2.45, 2.75) is 63.2 Å². The van der Waals surface area contributed by atoms with Crippen molar-refractivity contribution >= 4 is 27.2 Å². The lowest BCUT2D eigenvalue weighted by atomic mass is 10.1. The molecule has 0 saturated carbocycles. The van der Waals surface area contributed by atoms with Gasteiger partial charge in [0.1, 0.15) is 4.37 Å². The number of thiol groups is 1. The molecular weight excluding hydrogens is 292 g/mol. The van der Waals surface area contributed by atoms with Crippen molar-refractivity contribution in [3.63, 3.8) is 0 Å². The third-order valence-electron chi connectivity index (χ3n) is 3.79. The molecule has 0 N–H and O–H groups in total. The Balaban J connectivity index is 4.72. The summed E-state index contributed by atoms with van der Waals surface area (Å²) in [4.78, 5) is 12.6. The van der Waals surface area contributed by atoms with E-state index in [4.69, 9.17) is 13.3 Å². The van der Waals surface area contributed by atoms with Gasteiger partial charge in [0.2, 0.25) is 0 Å². The summed E-state index contributed by atoms with van der Waals surface area (Å²) in [6.45, 7) is 4.09. The van der Waals surface area contributed by atoms with Crippen molar-refractivity contribution in [1.82, 2.24) is 0 Å². The van der Waals surface area contributed by atoms with E-state index in [1.807, 2.05) is 6.92 Å². The zero-order valence-electron chi connectivity index (χ0n) is 13.5. The Bertz CT molecular complexity index is 276. The van der Waals surface area contributed by atoms with Gasteiger partial charge in [-0.2, -0.15) is 12.6 Å². The maximum Gasteiger partial charge on any atom is 0.524 e. The van der Waals surface area contributed by atoms with Crippen LogP contribution in [0.3, 0.4) is 0 Å². The lowest BCUT2D eigenvalue weighted by molar-refractivity contribution is -0.121. The Morgan fingerprint density at radius 2 is 1.50 bits per heavy atom. The van der Waals surface area contributed by atoms with E-state index < -0.39 is 13.2 Å². The molecule has 0 spiro atoms. The number of ketones is 1. The van der Waals surface area contributed by atoms with Crippen molar-refractivity contribution < 1.29 is 18.1 Å². The van der Waals surface area contributed by atoms with E-state index in [9.17, 15) is 4.79 Å². The van der Waals surface area contributed by atoms with Crippen LogP contribution in [-0.2, 0) is 18.1 Å². The molecule has 0 aromatic rings. The summed E-state index contributed by atoms with van der Waals surface area (Å²) < 4.78 is 15.4. The average molecular weight is 323 g/mol. The normalized spacial score (nSPS) is 15.1. The molecule has 0 rings (SSSR count). The second kappa shape index (κ2) is 9.95. The summed E-state index contributed by atoms with van der Waals surface area (Å²) in [7, 11) is 1.47. The van der Waals surface area contributed by atoms with Crippen LogP contribution in [0.5, 0.6) is 0 Å². The van der Waals surface area contributed by atoms with Gasteiger partial charge in [0.05, 0.1) is 0 Å². The van der Waals surface area contributed by atoms with E-state index in [1.165, 1.54) is 40.6 Å². The Morgan fingerprint density at radius 1 is 1.00 bits per heavy atom. The molecule has 6 heteroatoms. The van der Waals surface area contributed by atoms with Crippen LogP contribution in [0.4, 0.5) is 0 Å². The minimum absolute atomic E-state index is 0.0667. The molecule has 4 nitrogen and oxygen atoms in total. The third kappa shape index (κ3) is 4.56. The first-order valence-corrected chi connectivity index (χ1v) is 9.56. The number of hydrogen-bond acceptors (Lipinski definition) is 5. The first-order valence-electron chi connectivity index (χ1n) is 7.39. The molecule has 0 aliphatic rings. The fourth-order valence-corrected chi connectivity index (χ4v) is 5.78. The molecule has 0 aliphatic carbocycles. The van der Waals surface area contributed by atoms with Gasteiger partial charge in [-0.3, -0.25) is 4.79 Å². The summed E-state index contributed by atoms with van der Waals surface area (Å²) in [5, 5.41) is 0. The fourth-order valence-electron chi connectivity index (χ4n) is 2.44. The molecule has 0 bridgehead atoms. The van der Waals surface area contributed by atoms with Crippen LogP contribution in [0, 0.1) is 0 Å². The second-order valence-corrected chi connectivity index (χ2v) is 9.34. The summed E-state index contributed by atoms with van der Waals surface area (Å²) in [5.74, 6) is 0.0667. The summed E-state index contributed by atoms with van der Waals surface area (Å²) in [5.41, 5.74) is 0. The Labute approximate surface area is 130 Å². The molecule has 0 aliphatic heterocycles. The highest BCUT2D eigenvalue weighted by atomic mass is 32.1. The standard InChI is InChI=1S/C14H30O4SSi/c1-6-8-9-10-11-12-13(15)14(19,7-2)20(16-3,17-4)18-5/h19H,6-12H2,1-5H3/t14-/m1/s1. The zero-order chi connectivity index (χ0) is 15.6. The number of hydrogen-bond donors (Lipinski definition) is 1. The molecule has 0 radical (unpaired) electrons. The van der Waals surface area contributed by atoms with Crippen LogP contribution in [0.25, 0.3) is 0 Å². The molecule has 0 heterocycles. The molecule has 0 unspecified atom stereocenters. The summed E-state index contributed by atoms with van der Waals surface area (Å²) >= 11 is 4.62. The highest BCUT2D eigenvalue weighted by Crippen LogP contribution is 2.35. The topological polar surface area (TPSA) is 44.8 Å². The molecule has 0 aromatic heterocycles. The quantitative estimate of drug-likeness (QED) is 0.340. The van der Waals surface area contributed by atoms with Crippen LogP contribution < -0.4 is 0 Å². The van der Waals surface area contributed by atoms with E-state index in [1.54, 1.807) is 0 Å². The molecule has 0 amide bonds. The largest absolute Gasteiger partial charge is 0.524 e. The van der Waals surface area contributed by atoms with Gasteiger partial charge in [-0.15, -0.1) is 0 Å². The molecular formula is C14H30O4SSi. The van der Waals surface area contributed by atoms with Gasteiger partial charge in [0.25, 0.3) is 0 Å². The van der Waals surface area contributed by atoms with Crippen LogP contribution >= 0.6 is 12.6 Å². The van der Waals surface area contributed by atoms with E-state index in [0.29, 0.717) is 12.8 Å². The minimum atomic E-state index is -3.09. The van der Waals surface area contributed by atoms with Gasteiger partial charge >= 0.3 is 8.80 Å². The predicted octanol–water partition coefficient (Wildman–Crippen LogP) is 3.41. The summed E-state index contributed by atoms with van der Waals surface area (Å²) in [6, 6.07) is 0. The second-order valence-electron chi connectivity index (χ2n) is 4.97. The lowest BCUT2D eigenvalue weighted by Crippen LogP contribution is -2.64. The predicted molar refractivity (Wildman–Crippen MR) is 87.2 cm³/mol. The molecule has 1 atom stereocenters. The Morgan fingerprint density at radius 3 is 1.90 bits per heavy atom. The number of carbonyl (C=O) groups is 1. The van der Waals surface area contributed by atoms with Crippen molar-refractivity contribution in [2.75, 3.05) is 21.3 Å². The van der Waals surface area contributed by atoms with E-state index >= 15 is 0 Å². The van der Waals surface area contributed by atoms with Crippen molar-refractivity contribution in [3.05, 3.63) is 0 Å². The first kappa shape index (κ1) is 20.1. The van der Waals surface area contributed by atoms with E-state index in [2.05, 4.69) is 19.6 Å². The molecule has 0 saturated heterocycles. The van der Waals surface area contributed by atoms with Gasteiger partial charge in [-0.25, -0.2) is 0 Å². The van der Waals surface area contributed by atoms with Crippen molar-refractivity contribution in [1.29, 1.82) is 0 Å². The van der Waals surface area contributed by atoms with Crippen LogP contribution in [0.15, 0.2) is 0 Å². The first-order chi connectivity index (χ1) is 9.47. The number of unbranched alkanes of at least 4 members (excludes halogenated alkanes) is 4. The minimum Gasteiger partial charge on any atom is -0.376 e. The van der Waals surface area contributed by atoms with Gasteiger partial charge in [0.15, 0.2) is 5.78 Å². The Hall–Kier alpha value is 0.117. The van der Waals surface area contributed by atoms with E-state index in [0.717, 1.165) is 12.8 Å². The van der Waals surface area contributed by atoms with Gasteiger partial charge in [-0.1, -0.05) is 39.5 Å². The molecule has 0 aromatic carbocycles. The number of Topliss-reactive ketones (excluding diaryl/α,β-unsaturated/α-hetero) is 1. The molecule has 20 heavy (non-hydrogen) atoms. The lowest BCUT2D eigenvalue weighted by Gasteiger charge is -2.38. The highest BCUT2D eigenvalue weighted by molar-refractivity contribution is 7.85. The van der Waals surface area contributed by atoms with Gasteiger partial charge in [0, 0.05) is 27.8 Å². The highest BCUT2D eigenvalue weighted by Gasteiger charge is 2.60. The Kier molecular flexibility index (Phi) is 10.0. The maximum absolute atomic E-state index is 12.6. The van der Waals surface area contributed by atoms with Crippen molar-refractivity contribution in [3.8, 4) is 0 Å². The van der Waals surface area contributed by atoms with Gasteiger partial charge < -0.3 is 13.3 Å². The molecule has 0 fully saturated rings. The van der Waals surface area contributed by atoms with Crippen molar-refractivity contribution in [2.24, 2.45) is 0 Å². The third-order valence-corrected chi connectivity index (χ3v) is 8.44.